The van der Waals surface area contributed by atoms with Crippen LogP contribution in [0.5, 0.6) is 11.5 Å². The van der Waals surface area contributed by atoms with Gasteiger partial charge in [-0.15, -0.1) is 0 Å². The van der Waals surface area contributed by atoms with E-state index in [9.17, 15) is 24.8 Å². The number of ether oxygens (including phenoxy) is 1. The topological polar surface area (TPSA) is 110 Å². The molecule has 0 aromatic heterocycles. The highest BCUT2D eigenvalue weighted by atomic mass is 35.5. The SMILES string of the molecule is COc1cc([N+](=O)[O-])cc(/C=C2\SC(=O)N(Cc3c(Cl)cccc3Cl)C2=O)c1O. The molecule has 1 aliphatic heterocycles. The number of phenolic OH excluding ortho intramolecular Hbond substituents is 1. The molecule has 3 rings (SSSR count). The van der Waals surface area contributed by atoms with Crippen molar-refractivity contribution in [3.63, 3.8) is 0 Å². The summed E-state index contributed by atoms with van der Waals surface area (Å²) in [7, 11) is 1.24. The minimum Gasteiger partial charge on any atom is -0.504 e. The van der Waals surface area contributed by atoms with Crippen molar-refractivity contribution in [1.82, 2.24) is 4.90 Å². The van der Waals surface area contributed by atoms with Gasteiger partial charge in [0.15, 0.2) is 11.5 Å². The van der Waals surface area contributed by atoms with Gasteiger partial charge in [-0.05, 0) is 30.0 Å². The Bertz CT molecular complexity index is 1050. The van der Waals surface area contributed by atoms with E-state index in [4.69, 9.17) is 27.9 Å². The Morgan fingerprint density at radius 2 is 1.93 bits per heavy atom. The van der Waals surface area contributed by atoms with Crippen LogP contribution in [-0.4, -0.2) is 33.2 Å². The molecule has 0 aliphatic carbocycles. The smallest absolute Gasteiger partial charge is 0.293 e. The summed E-state index contributed by atoms with van der Waals surface area (Å²) in [5.74, 6) is -1.16. The number of imide groups is 1. The third-order valence-corrected chi connectivity index (χ3v) is 5.67. The Kier molecular flexibility index (Phi) is 6.02. The number of halogens is 2. The average molecular weight is 455 g/mol. The lowest BCUT2D eigenvalue weighted by Gasteiger charge is -2.14. The van der Waals surface area contributed by atoms with Gasteiger partial charge in [0, 0.05) is 27.2 Å². The first kappa shape index (κ1) is 21.0. The van der Waals surface area contributed by atoms with E-state index in [1.807, 2.05) is 0 Å². The second-order valence-electron chi connectivity index (χ2n) is 5.81. The van der Waals surface area contributed by atoms with E-state index in [-0.39, 0.29) is 34.2 Å². The highest BCUT2D eigenvalue weighted by Crippen LogP contribution is 2.40. The highest BCUT2D eigenvalue weighted by Gasteiger charge is 2.36. The Morgan fingerprint density at radius 3 is 2.52 bits per heavy atom. The molecule has 1 N–H and O–H groups in total. The number of hydrogen-bond acceptors (Lipinski definition) is 7. The number of carbonyl (C=O) groups excluding carboxylic acids is 2. The summed E-state index contributed by atoms with van der Waals surface area (Å²) < 4.78 is 4.93. The molecule has 0 spiro atoms. The van der Waals surface area contributed by atoms with Gasteiger partial charge in [0.05, 0.1) is 29.5 Å². The zero-order valence-corrected chi connectivity index (χ0v) is 17.0. The van der Waals surface area contributed by atoms with Gasteiger partial charge >= 0.3 is 0 Å². The molecule has 0 bridgehead atoms. The molecule has 0 atom stereocenters. The first-order chi connectivity index (χ1) is 13.7. The summed E-state index contributed by atoms with van der Waals surface area (Å²) in [5.41, 5.74) is 0.0459. The van der Waals surface area contributed by atoms with E-state index >= 15 is 0 Å². The number of amides is 2. The predicted molar refractivity (Wildman–Crippen MR) is 109 cm³/mol. The molecule has 8 nitrogen and oxygen atoms in total. The van der Waals surface area contributed by atoms with Gasteiger partial charge in [-0.1, -0.05) is 29.3 Å². The van der Waals surface area contributed by atoms with Crippen LogP contribution in [-0.2, 0) is 11.3 Å². The first-order valence-electron chi connectivity index (χ1n) is 7.96. The molecule has 2 amide bonds. The largest absolute Gasteiger partial charge is 0.504 e. The van der Waals surface area contributed by atoms with E-state index in [0.29, 0.717) is 27.4 Å². The summed E-state index contributed by atoms with van der Waals surface area (Å²) in [5, 5.41) is 21.4. The quantitative estimate of drug-likeness (QED) is 0.390. The Balaban J connectivity index is 1.97. The summed E-state index contributed by atoms with van der Waals surface area (Å²) >= 11 is 12.8. The van der Waals surface area contributed by atoms with E-state index in [1.54, 1.807) is 18.2 Å². The van der Waals surface area contributed by atoms with Crippen molar-refractivity contribution in [2.24, 2.45) is 0 Å². The zero-order valence-electron chi connectivity index (χ0n) is 14.7. The summed E-state index contributed by atoms with van der Waals surface area (Å²) in [6, 6.07) is 6.95. The lowest BCUT2D eigenvalue weighted by Crippen LogP contribution is -2.27. The van der Waals surface area contributed by atoms with Gasteiger partial charge in [-0.3, -0.25) is 24.6 Å². The van der Waals surface area contributed by atoms with Crippen LogP contribution in [0.1, 0.15) is 11.1 Å². The van der Waals surface area contributed by atoms with Crippen molar-refractivity contribution in [2.75, 3.05) is 7.11 Å². The molecular weight excluding hydrogens is 443 g/mol. The van der Waals surface area contributed by atoms with E-state index < -0.39 is 16.1 Å². The van der Waals surface area contributed by atoms with Crippen LogP contribution in [0.15, 0.2) is 35.2 Å². The molecule has 0 saturated carbocycles. The van der Waals surface area contributed by atoms with Crippen molar-refractivity contribution < 1.29 is 24.4 Å². The fourth-order valence-corrected chi connectivity index (χ4v) is 3.95. The second-order valence-corrected chi connectivity index (χ2v) is 7.62. The fraction of sp³-hybridized carbons (Fsp3) is 0.111. The van der Waals surface area contributed by atoms with Gasteiger partial charge in [-0.2, -0.15) is 0 Å². The number of nitrogens with zero attached hydrogens (tertiary/aromatic N) is 2. The summed E-state index contributed by atoms with van der Waals surface area (Å²) in [4.78, 5) is 36.4. The standard InChI is InChI=1S/C18H12Cl2N2O6S/c1-28-14-7-10(22(26)27)5-9(16(14)23)6-15-17(24)21(18(25)29-15)8-11-12(19)3-2-4-13(11)20/h2-7,23H,8H2,1H3/b15-6-. The molecule has 0 unspecified atom stereocenters. The molecule has 1 aliphatic rings. The van der Waals surface area contributed by atoms with Gasteiger partial charge in [0.1, 0.15) is 0 Å². The van der Waals surface area contributed by atoms with Crippen LogP contribution in [0.4, 0.5) is 10.5 Å². The summed E-state index contributed by atoms with van der Waals surface area (Å²) in [6.45, 7) is -0.134. The number of nitro benzene ring substituents is 1. The van der Waals surface area contributed by atoms with Crippen LogP contribution in [0.25, 0.3) is 6.08 Å². The number of methoxy groups -OCH3 is 1. The van der Waals surface area contributed by atoms with Gasteiger partial charge < -0.3 is 9.84 Å². The maximum Gasteiger partial charge on any atom is 0.293 e. The van der Waals surface area contributed by atoms with Crippen molar-refractivity contribution in [3.8, 4) is 11.5 Å². The molecule has 0 radical (unpaired) electrons. The molecule has 150 valence electrons. The van der Waals surface area contributed by atoms with Crippen LogP contribution in [0, 0.1) is 10.1 Å². The van der Waals surface area contributed by atoms with E-state index in [1.165, 1.54) is 13.2 Å². The first-order valence-corrected chi connectivity index (χ1v) is 9.53. The lowest BCUT2D eigenvalue weighted by atomic mass is 10.1. The van der Waals surface area contributed by atoms with Gasteiger partial charge in [0.2, 0.25) is 0 Å². The van der Waals surface area contributed by atoms with Crippen molar-refractivity contribution in [2.45, 2.75) is 6.54 Å². The van der Waals surface area contributed by atoms with Gasteiger partial charge in [0.25, 0.3) is 16.8 Å². The normalized spacial score (nSPS) is 15.3. The fourth-order valence-electron chi connectivity index (χ4n) is 2.60. The van der Waals surface area contributed by atoms with Crippen molar-refractivity contribution >= 4 is 57.9 Å². The Hall–Kier alpha value is -2.75. The number of aromatic hydroxyl groups is 1. The molecule has 1 heterocycles. The molecule has 2 aromatic rings. The molecule has 2 aromatic carbocycles. The molecular formula is C18H12Cl2N2O6S. The average Bonchev–Trinajstić information content (AvgIpc) is 2.93. The number of hydrogen-bond donors (Lipinski definition) is 1. The highest BCUT2D eigenvalue weighted by molar-refractivity contribution is 8.18. The Morgan fingerprint density at radius 1 is 1.28 bits per heavy atom. The maximum absolute atomic E-state index is 12.7. The minimum atomic E-state index is -0.662. The molecule has 1 saturated heterocycles. The number of non-ortho nitro benzene ring substituents is 1. The number of carbonyl (C=O) groups is 2. The number of benzene rings is 2. The number of nitro groups is 1. The van der Waals surface area contributed by atoms with Crippen molar-refractivity contribution in [1.29, 1.82) is 0 Å². The molecule has 11 heteroatoms. The van der Waals surface area contributed by atoms with Gasteiger partial charge in [-0.25, -0.2) is 0 Å². The minimum absolute atomic E-state index is 0.0176. The monoisotopic (exact) mass is 454 g/mol. The van der Waals surface area contributed by atoms with Crippen LogP contribution >= 0.6 is 35.0 Å². The number of rotatable bonds is 5. The van der Waals surface area contributed by atoms with E-state index in [0.717, 1.165) is 17.0 Å². The third kappa shape index (κ3) is 4.16. The maximum atomic E-state index is 12.7. The number of thioether (sulfide) groups is 1. The Labute approximate surface area is 178 Å². The molecule has 29 heavy (non-hydrogen) atoms. The molecule has 1 fully saturated rings. The number of phenols is 1. The predicted octanol–water partition coefficient (Wildman–Crippen LogP) is 4.85. The summed E-state index contributed by atoms with van der Waals surface area (Å²) in [6.07, 6.45) is 1.20. The van der Waals surface area contributed by atoms with E-state index in [2.05, 4.69) is 0 Å². The lowest BCUT2D eigenvalue weighted by molar-refractivity contribution is -0.385. The third-order valence-electron chi connectivity index (χ3n) is 4.06. The zero-order chi connectivity index (χ0) is 21.3. The van der Waals surface area contributed by atoms with Crippen molar-refractivity contribution in [3.05, 3.63) is 66.5 Å². The van der Waals surface area contributed by atoms with Crippen LogP contribution in [0.3, 0.4) is 0 Å². The second kappa shape index (κ2) is 8.32. The van der Waals surface area contributed by atoms with Crippen LogP contribution in [0.2, 0.25) is 10.0 Å². The van der Waals surface area contributed by atoms with Crippen LogP contribution < -0.4 is 4.74 Å².